The molecule has 34 heavy (non-hydrogen) atoms. The maximum atomic E-state index is 13.1. The van der Waals surface area contributed by atoms with E-state index in [0.29, 0.717) is 23.7 Å². The van der Waals surface area contributed by atoms with Gasteiger partial charge in [-0.25, -0.2) is 4.79 Å². The molecular weight excluding hydrogens is 450 g/mol. The van der Waals surface area contributed by atoms with Crippen LogP contribution in [0.3, 0.4) is 0 Å². The zero-order chi connectivity index (χ0) is 24.7. The van der Waals surface area contributed by atoms with Gasteiger partial charge < -0.3 is 15.0 Å². The monoisotopic (exact) mass is 485 g/mol. The number of nitrogens with zero attached hydrogens (tertiary/aromatic N) is 2. The molecule has 1 fully saturated rings. The molecule has 0 radical (unpaired) electrons. The van der Waals surface area contributed by atoms with Crippen molar-refractivity contribution in [2.24, 2.45) is 0 Å². The summed E-state index contributed by atoms with van der Waals surface area (Å²) < 4.78 is 5.52. The standard InChI is InChI=1S/C27H36ClN3O3/c1-5-16-30(19-20-11-7-6-8-12-20)23-15-14-21(18-22(23)28)29-25(32)24-13-9-10-17-31(24)26(33)34-27(2,3)4/h6-8,11-12,14-15,18,24H,5,9-10,13,16-17,19H2,1-4H3,(H,29,32)/t24-/m1/s1. The Labute approximate surface area is 208 Å². The van der Waals surface area contributed by atoms with Crippen molar-refractivity contribution in [2.45, 2.75) is 71.6 Å². The molecule has 2 aromatic rings. The average Bonchev–Trinajstić information content (AvgIpc) is 2.78. The smallest absolute Gasteiger partial charge is 0.410 e. The topological polar surface area (TPSA) is 61.9 Å². The summed E-state index contributed by atoms with van der Waals surface area (Å²) in [6.07, 6.45) is 2.90. The predicted octanol–water partition coefficient (Wildman–Crippen LogP) is 6.48. The molecule has 6 nitrogen and oxygen atoms in total. The summed E-state index contributed by atoms with van der Waals surface area (Å²) in [5.41, 5.74) is 2.15. The first kappa shape index (κ1) is 25.9. The lowest BCUT2D eigenvalue weighted by Crippen LogP contribution is -2.51. The fraction of sp³-hybridized carbons (Fsp3) is 0.481. The molecule has 1 saturated heterocycles. The number of carbonyl (C=O) groups is 2. The Bertz CT molecular complexity index is 975. The van der Waals surface area contributed by atoms with Crippen LogP contribution in [0.4, 0.5) is 16.2 Å². The van der Waals surface area contributed by atoms with E-state index in [-0.39, 0.29) is 5.91 Å². The minimum Gasteiger partial charge on any atom is -0.444 e. The molecule has 0 saturated carbocycles. The molecule has 2 amide bonds. The Hall–Kier alpha value is -2.73. The van der Waals surface area contributed by atoms with Gasteiger partial charge in [-0.15, -0.1) is 0 Å². The van der Waals surface area contributed by atoms with Gasteiger partial charge in [-0.05, 0) is 70.2 Å². The number of hydrogen-bond donors (Lipinski definition) is 1. The van der Waals surface area contributed by atoms with E-state index < -0.39 is 17.7 Å². The minimum atomic E-state index is -0.608. The Morgan fingerprint density at radius 2 is 1.88 bits per heavy atom. The SMILES string of the molecule is CCCN(Cc1ccccc1)c1ccc(NC(=O)[C@H]2CCCCN2C(=O)OC(C)(C)C)cc1Cl. The fourth-order valence-electron chi connectivity index (χ4n) is 4.17. The number of ether oxygens (including phenoxy) is 1. The average molecular weight is 486 g/mol. The highest BCUT2D eigenvalue weighted by atomic mass is 35.5. The number of benzene rings is 2. The summed E-state index contributed by atoms with van der Waals surface area (Å²) in [5, 5.41) is 3.54. The van der Waals surface area contributed by atoms with Gasteiger partial charge in [0.05, 0.1) is 10.7 Å². The van der Waals surface area contributed by atoms with Crippen LogP contribution in [0.5, 0.6) is 0 Å². The number of likely N-dealkylation sites (tertiary alicyclic amines) is 1. The molecule has 3 rings (SSSR count). The second-order valence-corrected chi connectivity index (χ2v) is 10.2. The lowest BCUT2D eigenvalue weighted by Gasteiger charge is -2.35. The van der Waals surface area contributed by atoms with E-state index in [2.05, 4.69) is 29.3 Å². The van der Waals surface area contributed by atoms with Crippen molar-refractivity contribution in [1.29, 1.82) is 0 Å². The van der Waals surface area contributed by atoms with Crippen LogP contribution in [0, 0.1) is 0 Å². The van der Waals surface area contributed by atoms with Crippen molar-refractivity contribution in [3.8, 4) is 0 Å². The zero-order valence-corrected chi connectivity index (χ0v) is 21.4. The molecule has 1 N–H and O–H groups in total. The van der Waals surface area contributed by atoms with Crippen molar-refractivity contribution >= 4 is 35.0 Å². The number of amides is 2. The Morgan fingerprint density at radius 1 is 1.15 bits per heavy atom. The third-order valence-corrected chi connectivity index (χ3v) is 6.00. The third kappa shape index (κ3) is 7.13. The molecule has 0 aliphatic carbocycles. The number of halogens is 1. The molecule has 0 aromatic heterocycles. The first-order valence-electron chi connectivity index (χ1n) is 12.1. The van der Waals surface area contributed by atoms with Crippen LogP contribution in [0.2, 0.25) is 5.02 Å². The highest BCUT2D eigenvalue weighted by Crippen LogP contribution is 2.31. The summed E-state index contributed by atoms with van der Waals surface area (Å²) in [7, 11) is 0. The molecule has 1 aliphatic heterocycles. The van der Waals surface area contributed by atoms with Gasteiger partial charge in [0, 0.05) is 25.3 Å². The molecule has 184 valence electrons. The number of anilines is 2. The van der Waals surface area contributed by atoms with Crippen LogP contribution >= 0.6 is 11.6 Å². The highest BCUT2D eigenvalue weighted by molar-refractivity contribution is 6.33. The van der Waals surface area contributed by atoms with Gasteiger partial charge in [-0.1, -0.05) is 48.9 Å². The van der Waals surface area contributed by atoms with Crippen LogP contribution in [-0.4, -0.2) is 41.6 Å². The van der Waals surface area contributed by atoms with Crippen LogP contribution in [0.25, 0.3) is 0 Å². The molecule has 1 aliphatic rings. The third-order valence-electron chi connectivity index (χ3n) is 5.70. The first-order chi connectivity index (χ1) is 16.2. The van der Waals surface area contributed by atoms with Gasteiger partial charge in [0.25, 0.3) is 0 Å². The lowest BCUT2D eigenvalue weighted by atomic mass is 10.0. The highest BCUT2D eigenvalue weighted by Gasteiger charge is 2.34. The minimum absolute atomic E-state index is 0.218. The van der Waals surface area contributed by atoms with E-state index in [4.69, 9.17) is 16.3 Å². The molecular formula is C27H36ClN3O3. The van der Waals surface area contributed by atoms with E-state index in [0.717, 1.165) is 38.0 Å². The van der Waals surface area contributed by atoms with E-state index in [9.17, 15) is 9.59 Å². The van der Waals surface area contributed by atoms with E-state index in [1.165, 1.54) is 5.56 Å². The van der Waals surface area contributed by atoms with Crippen LogP contribution < -0.4 is 10.2 Å². The maximum Gasteiger partial charge on any atom is 0.410 e. The molecule has 0 unspecified atom stereocenters. The summed E-state index contributed by atoms with van der Waals surface area (Å²) in [6, 6.07) is 15.3. The predicted molar refractivity (Wildman–Crippen MR) is 138 cm³/mol. The van der Waals surface area contributed by atoms with Gasteiger partial charge in [0.2, 0.25) is 5.91 Å². The van der Waals surface area contributed by atoms with Crippen molar-refractivity contribution in [3.63, 3.8) is 0 Å². The summed E-state index contributed by atoms with van der Waals surface area (Å²) >= 11 is 6.67. The van der Waals surface area contributed by atoms with Gasteiger partial charge >= 0.3 is 6.09 Å². The van der Waals surface area contributed by atoms with Crippen molar-refractivity contribution in [2.75, 3.05) is 23.3 Å². The molecule has 7 heteroatoms. The molecule has 1 atom stereocenters. The fourth-order valence-corrected chi connectivity index (χ4v) is 4.47. The van der Waals surface area contributed by atoms with Gasteiger partial charge in [0.1, 0.15) is 11.6 Å². The van der Waals surface area contributed by atoms with Crippen molar-refractivity contribution < 1.29 is 14.3 Å². The quantitative estimate of drug-likeness (QED) is 0.487. The summed E-state index contributed by atoms with van der Waals surface area (Å²) in [6.45, 7) is 9.76. The number of piperidine rings is 1. The van der Waals surface area contributed by atoms with Crippen LogP contribution in [0.1, 0.15) is 58.9 Å². The van der Waals surface area contributed by atoms with Gasteiger partial charge in [0.15, 0.2) is 0 Å². The van der Waals surface area contributed by atoms with E-state index >= 15 is 0 Å². The Morgan fingerprint density at radius 3 is 2.53 bits per heavy atom. The van der Waals surface area contributed by atoms with E-state index in [1.54, 1.807) is 11.0 Å². The number of carbonyl (C=O) groups excluding carboxylic acids is 2. The molecule has 2 aromatic carbocycles. The number of nitrogens with one attached hydrogen (secondary N) is 1. The normalized spacial score (nSPS) is 16.1. The second kappa shape index (κ2) is 11.6. The number of hydrogen-bond acceptors (Lipinski definition) is 4. The van der Waals surface area contributed by atoms with Crippen LogP contribution in [-0.2, 0) is 16.1 Å². The molecule has 1 heterocycles. The van der Waals surface area contributed by atoms with Gasteiger partial charge in [-0.2, -0.15) is 0 Å². The number of rotatable bonds is 7. The summed E-state index contributed by atoms with van der Waals surface area (Å²) in [4.78, 5) is 29.6. The largest absolute Gasteiger partial charge is 0.444 e. The molecule has 0 bridgehead atoms. The molecule has 0 spiro atoms. The van der Waals surface area contributed by atoms with E-state index in [1.807, 2.05) is 51.1 Å². The van der Waals surface area contributed by atoms with Crippen molar-refractivity contribution in [3.05, 3.63) is 59.1 Å². The summed E-state index contributed by atoms with van der Waals surface area (Å²) in [5.74, 6) is -0.218. The zero-order valence-electron chi connectivity index (χ0n) is 20.6. The second-order valence-electron chi connectivity index (χ2n) is 9.75. The first-order valence-corrected chi connectivity index (χ1v) is 12.4. The lowest BCUT2D eigenvalue weighted by molar-refractivity contribution is -0.122. The van der Waals surface area contributed by atoms with Gasteiger partial charge in [-0.3, -0.25) is 9.69 Å². The Kier molecular flexibility index (Phi) is 8.84. The Balaban J connectivity index is 1.72. The van der Waals surface area contributed by atoms with Crippen molar-refractivity contribution in [1.82, 2.24) is 4.90 Å². The van der Waals surface area contributed by atoms with Crippen LogP contribution in [0.15, 0.2) is 48.5 Å². The maximum absolute atomic E-state index is 13.1.